The lowest BCUT2D eigenvalue weighted by molar-refractivity contribution is 0.177. The number of benzene rings is 1. The van der Waals surface area contributed by atoms with Crippen molar-refractivity contribution in [2.24, 2.45) is 7.05 Å². The molecule has 1 atom stereocenters. The summed E-state index contributed by atoms with van der Waals surface area (Å²) >= 11 is 3.25. The molecule has 0 spiro atoms. The molecule has 17 heavy (non-hydrogen) atoms. The Balaban J connectivity index is 2.17. The van der Waals surface area contributed by atoms with E-state index in [1.807, 2.05) is 13.2 Å². The van der Waals surface area contributed by atoms with Crippen molar-refractivity contribution in [2.45, 2.75) is 12.5 Å². The van der Waals surface area contributed by atoms with Gasteiger partial charge in [-0.3, -0.25) is 4.68 Å². The van der Waals surface area contributed by atoms with Gasteiger partial charge >= 0.3 is 0 Å². The van der Waals surface area contributed by atoms with Crippen molar-refractivity contribution in [2.75, 3.05) is 0 Å². The van der Waals surface area contributed by atoms with Crippen LogP contribution in [-0.2, 0) is 13.5 Å². The molecule has 1 N–H and O–H groups in total. The molecular formula is C12H12BrFN2O. The van der Waals surface area contributed by atoms with Gasteiger partial charge in [-0.15, -0.1) is 0 Å². The van der Waals surface area contributed by atoms with Crippen molar-refractivity contribution >= 4 is 15.9 Å². The second kappa shape index (κ2) is 4.98. The number of nitrogens with zero attached hydrogens (tertiary/aromatic N) is 2. The number of halogens is 2. The molecule has 0 aliphatic carbocycles. The summed E-state index contributed by atoms with van der Waals surface area (Å²) in [6.07, 6.45) is 3.34. The zero-order chi connectivity index (χ0) is 12.4. The van der Waals surface area contributed by atoms with E-state index in [1.54, 1.807) is 16.9 Å². The van der Waals surface area contributed by atoms with E-state index in [0.717, 1.165) is 5.56 Å². The highest BCUT2D eigenvalue weighted by atomic mass is 79.9. The van der Waals surface area contributed by atoms with Gasteiger partial charge in [0, 0.05) is 24.1 Å². The molecule has 2 rings (SSSR count). The average molecular weight is 299 g/mol. The van der Waals surface area contributed by atoms with Gasteiger partial charge in [-0.05, 0) is 23.3 Å². The van der Waals surface area contributed by atoms with Crippen LogP contribution in [-0.4, -0.2) is 14.9 Å². The molecule has 90 valence electrons. The van der Waals surface area contributed by atoms with Crippen LogP contribution in [0, 0.1) is 5.82 Å². The molecule has 0 aliphatic rings. The normalized spacial score (nSPS) is 12.7. The molecule has 1 unspecified atom stereocenters. The Hall–Kier alpha value is -1.20. The molecule has 0 bridgehead atoms. The van der Waals surface area contributed by atoms with E-state index < -0.39 is 6.10 Å². The fraction of sp³-hybridized carbons (Fsp3) is 0.250. The number of aromatic nitrogens is 2. The Morgan fingerprint density at radius 2 is 2.29 bits per heavy atom. The summed E-state index contributed by atoms with van der Waals surface area (Å²) in [4.78, 5) is 0. The average Bonchev–Trinajstić information content (AvgIpc) is 2.63. The Labute approximate surface area is 107 Å². The van der Waals surface area contributed by atoms with Gasteiger partial charge < -0.3 is 5.11 Å². The molecule has 0 radical (unpaired) electrons. The summed E-state index contributed by atoms with van der Waals surface area (Å²) < 4.78 is 15.2. The molecule has 0 saturated heterocycles. The first kappa shape index (κ1) is 12.3. The fourth-order valence-corrected chi connectivity index (χ4v) is 2.30. The van der Waals surface area contributed by atoms with Crippen molar-refractivity contribution in [3.05, 3.63) is 52.0 Å². The first-order chi connectivity index (χ1) is 8.06. The van der Waals surface area contributed by atoms with Crippen LogP contribution in [0.3, 0.4) is 0 Å². The van der Waals surface area contributed by atoms with E-state index in [4.69, 9.17) is 0 Å². The Morgan fingerprint density at radius 3 is 2.88 bits per heavy atom. The Bertz CT molecular complexity index is 527. The van der Waals surface area contributed by atoms with Crippen molar-refractivity contribution in [1.82, 2.24) is 9.78 Å². The first-order valence-electron chi connectivity index (χ1n) is 5.17. The maximum absolute atomic E-state index is 12.9. The van der Waals surface area contributed by atoms with Crippen LogP contribution in [0.5, 0.6) is 0 Å². The van der Waals surface area contributed by atoms with Gasteiger partial charge in [0.2, 0.25) is 0 Å². The first-order valence-corrected chi connectivity index (χ1v) is 5.96. The van der Waals surface area contributed by atoms with Crippen molar-refractivity contribution < 1.29 is 9.50 Å². The number of hydrogen-bond donors (Lipinski definition) is 1. The molecule has 3 nitrogen and oxygen atoms in total. The largest absolute Gasteiger partial charge is 0.388 e. The summed E-state index contributed by atoms with van der Waals surface area (Å²) in [5.41, 5.74) is 1.62. The number of hydrogen-bond acceptors (Lipinski definition) is 2. The van der Waals surface area contributed by atoms with Gasteiger partial charge in [0.05, 0.1) is 12.3 Å². The van der Waals surface area contributed by atoms with Gasteiger partial charge in [0.15, 0.2) is 0 Å². The van der Waals surface area contributed by atoms with E-state index in [-0.39, 0.29) is 5.82 Å². The Morgan fingerprint density at radius 1 is 1.53 bits per heavy atom. The molecule has 2 aromatic rings. The number of rotatable bonds is 3. The summed E-state index contributed by atoms with van der Waals surface area (Å²) in [5.74, 6) is -0.325. The lowest BCUT2D eigenvalue weighted by Gasteiger charge is -2.11. The number of aryl methyl sites for hydroxylation is 1. The molecule has 0 aliphatic heterocycles. The minimum atomic E-state index is -0.672. The predicted octanol–water partition coefficient (Wildman–Crippen LogP) is 2.60. The molecule has 1 aromatic heterocycles. The standard InChI is InChI=1S/C12H12BrFN2O/c1-16-7-8(6-15-16)4-12(17)10-3-2-9(14)5-11(10)13/h2-3,5-7,12,17H,4H2,1H3. The van der Waals surface area contributed by atoms with Crippen molar-refractivity contribution in [3.8, 4) is 0 Å². The van der Waals surface area contributed by atoms with E-state index in [0.29, 0.717) is 16.5 Å². The van der Waals surface area contributed by atoms with Crippen LogP contribution < -0.4 is 0 Å². The fourth-order valence-electron chi connectivity index (χ4n) is 1.68. The van der Waals surface area contributed by atoms with Crippen LogP contribution >= 0.6 is 15.9 Å². The van der Waals surface area contributed by atoms with E-state index in [1.165, 1.54) is 12.1 Å². The monoisotopic (exact) mass is 298 g/mol. The molecular weight excluding hydrogens is 287 g/mol. The number of aliphatic hydroxyl groups excluding tert-OH is 1. The van der Waals surface area contributed by atoms with Gasteiger partial charge in [0.25, 0.3) is 0 Å². The second-order valence-corrected chi connectivity index (χ2v) is 4.76. The third-order valence-corrected chi connectivity index (χ3v) is 3.20. The quantitative estimate of drug-likeness (QED) is 0.946. The summed E-state index contributed by atoms with van der Waals surface area (Å²) in [7, 11) is 1.82. The minimum absolute atomic E-state index is 0.325. The Kier molecular flexibility index (Phi) is 3.59. The van der Waals surface area contributed by atoms with Crippen LogP contribution in [0.25, 0.3) is 0 Å². The summed E-state index contributed by atoms with van der Waals surface area (Å²) in [5, 5.41) is 14.1. The van der Waals surface area contributed by atoms with Crippen molar-refractivity contribution in [1.29, 1.82) is 0 Å². The zero-order valence-corrected chi connectivity index (χ0v) is 10.9. The smallest absolute Gasteiger partial charge is 0.124 e. The van der Waals surface area contributed by atoms with E-state index in [2.05, 4.69) is 21.0 Å². The number of aliphatic hydroxyl groups is 1. The second-order valence-electron chi connectivity index (χ2n) is 3.91. The van der Waals surface area contributed by atoms with Gasteiger partial charge in [-0.2, -0.15) is 5.10 Å². The van der Waals surface area contributed by atoms with Gasteiger partial charge in [0.1, 0.15) is 5.82 Å². The molecule has 1 aromatic carbocycles. The van der Waals surface area contributed by atoms with E-state index >= 15 is 0 Å². The van der Waals surface area contributed by atoms with Crippen LogP contribution in [0.1, 0.15) is 17.2 Å². The summed E-state index contributed by atoms with van der Waals surface area (Å²) in [6, 6.07) is 4.27. The lowest BCUT2D eigenvalue weighted by atomic mass is 10.0. The minimum Gasteiger partial charge on any atom is -0.388 e. The molecule has 0 saturated carbocycles. The zero-order valence-electron chi connectivity index (χ0n) is 9.27. The topological polar surface area (TPSA) is 38.0 Å². The highest BCUT2D eigenvalue weighted by Gasteiger charge is 2.13. The van der Waals surface area contributed by atoms with Crippen LogP contribution in [0.4, 0.5) is 4.39 Å². The van der Waals surface area contributed by atoms with Crippen LogP contribution in [0.15, 0.2) is 35.1 Å². The highest BCUT2D eigenvalue weighted by Crippen LogP contribution is 2.26. The van der Waals surface area contributed by atoms with E-state index in [9.17, 15) is 9.50 Å². The molecule has 5 heteroatoms. The third-order valence-electron chi connectivity index (χ3n) is 2.51. The molecule has 0 fully saturated rings. The maximum atomic E-state index is 12.9. The van der Waals surface area contributed by atoms with Gasteiger partial charge in [-0.1, -0.05) is 22.0 Å². The lowest BCUT2D eigenvalue weighted by Crippen LogP contribution is -2.02. The molecule has 0 amide bonds. The SMILES string of the molecule is Cn1cc(CC(O)c2ccc(F)cc2Br)cn1. The van der Waals surface area contributed by atoms with Crippen LogP contribution in [0.2, 0.25) is 0 Å². The third kappa shape index (κ3) is 2.92. The van der Waals surface area contributed by atoms with Crippen molar-refractivity contribution in [3.63, 3.8) is 0 Å². The highest BCUT2D eigenvalue weighted by molar-refractivity contribution is 9.10. The maximum Gasteiger partial charge on any atom is 0.124 e. The van der Waals surface area contributed by atoms with Gasteiger partial charge in [-0.25, -0.2) is 4.39 Å². The predicted molar refractivity (Wildman–Crippen MR) is 66.0 cm³/mol. The summed E-state index contributed by atoms with van der Waals surface area (Å²) in [6.45, 7) is 0. The molecule has 1 heterocycles.